The summed E-state index contributed by atoms with van der Waals surface area (Å²) in [7, 11) is 0. The normalized spacial score (nSPS) is 11.0. The minimum Gasteiger partial charge on any atom is -0.347 e. The van der Waals surface area contributed by atoms with Crippen molar-refractivity contribution >= 4 is 22.5 Å². The van der Waals surface area contributed by atoms with Crippen LogP contribution in [-0.2, 0) is 6.54 Å². The lowest BCUT2D eigenvalue weighted by Gasteiger charge is -2.02. The third-order valence-electron chi connectivity index (χ3n) is 2.27. The van der Waals surface area contributed by atoms with E-state index in [1.807, 2.05) is 35.0 Å². The number of hydrogen-bond donors (Lipinski definition) is 0. The van der Waals surface area contributed by atoms with Gasteiger partial charge in [0.1, 0.15) is 0 Å². The Morgan fingerprint density at radius 1 is 1.29 bits per heavy atom. The van der Waals surface area contributed by atoms with E-state index in [0.29, 0.717) is 6.42 Å². The maximum absolute atomic E-state index is 12.0. The van der Waals surface area contributed by atoms with E-state index in [1.165, 1.54) is 0 Å². The van der Waals surface area contributed by atoms with E-state index in [-0.39, 0.29) is 6.67 Å². The van der Waals surface area contributed by atoms with Gasteiger partial charge in [-0.2, -0.15) is 0 Å². The number of nitrogens with zero attached hydrogens (tertiary/aromatic N) is 1. The Balaban J connectivity index is 2.37. The second kappa shape index (κ2) is 4.01. The molecule has 0 aliphatic rings. The first-order valence-corrected chi connectivity index (χ1v) is 4.99. The molecule has 74 valence electrons. The van der Waals surface area contributed by atoms with Gasteiger partial charge in [-0.1, -0.05) is 11.6 Å². The molecule has 0 aliphatic carbocycles. The van der Waals surface area contributed by atoms with Crippen LogP contribution in [-0.4, -0.2) is 11.2 Å². The molecule has 0 bridgehead atoms. The highest BCUT2D eigenvalue weighted by atomic mass is 35.5. The molecule has 0 radical (unpaired) electrons. The molecule has 0 unspecified atom stereocenters. The van der Waals surface area contributed by atoms with Gasteiger partial charge in [-0.25, -0.2) is 0 Å². The molecule has 0 fully saturated rings. The van der Waals surface area contributed by atoms with Crippen LogP contribution in [0.2, 0.25) is 5.02 Å². The highest BCUT2D eigenvalue weighted by Crippen LogP contribution is 2.20. The molecule has 1 aromatic carbocycles. The van der Waals surface area contributed by atoms with Crippen LogP contribution in [0.5, 0.6) is 0 Å². The molecule has 1 heterocycles. The maximum atomic E-state index is 12.0. The summed E-state index contributed by atoms with van der Waals surface area (Å²) in [5.41, 5.74) is 1.11. The molecule has 2 rings (SSSR count). The van der Waals surface area contributed by atoms with Crippen molar-refractivity contribution in [1.29, 1.82) is 0 Å². The van der Waals surface area contributed by atoms with Gasteiger partial charge in [-0.15, -0.1) is 0 Å². The molecule has 0 saturated heterocycles. The van der Waals surface area contributed by atoms with Gasteiger partial charge in [-0.3, -0.25) is 4.39 Å². The van der Waals surface area contributed by atoms with Crippen LogP contribution < -0.4 is 0 Å². The number of fused-ring (bicyclic) bond motifs is 1. The molecule has 2 aromatic rings. The lowest BCUT2D eigenvalue weighted by atomic mass is 10.2. The average Bonchev–Trinajstić information content (AvgIpc) is 2.57. The van der Waals surface area contributed by atoms with E-state index in [1.54, 1.807) is 0 Å². The Bertz CT molecular complexity index is 436. The molecule has 0 amide bonds. The molecule has 0 N–H and O–H groups in total. The lowest BCUT2D eigenvalue weighted by molar-refractivity contribution is 0.450. The number of aryl methyl sites for hydroxylation is 1. The minimum absolute atomic E-state index is 0.271. The van der Waals surface area contributed by atoms with E-state index in [9.17, 15) is 4.39 Å². The standard InChI is InChI=1S/C11H11ClFN/c12-10-2-3-11-9(8-10)4-7-14(11)6-1-5-13/h2-4,7-8H,1,5-6H2. The number of hydrogen-bond acceptors (Lipinski definition) is 0. The number of benzene rings is 1. The number of aromatic nitrogens is 1. The zero-order valence-electron chi connectivity index (χ0n) is 7.71. The first-order chi connectivity index (χ1) is 6.81. The summed E-state index contributed by atoms with van der Waals surface area (Å²) in [5, 5.41) is 1.84. The Labute approximate surface area is 87.1 Å². The molecule has 14 heavy (non-hydrogen) atoms. The van der Waals surface area contributed by atoms with Gasteiger partial charge < -0.3 is 4.57 Å². The third-order valence-corrected chi connectivity index (χ3v) is 2.50. The van der Waals surface area contributed by atoms with Crippen molar-refractivity contribution in [2.45, 2.75) is 13.0 Å². The average molecular weight is 212 g/mol. The first kappa shape index (κ1) is 9.53. The number of alkyl halides is 1. The summed E-state index contributed by atoms with van der Waals surface area (Å²) in [4.78, 5) is 0. The van der Waals surface area contributed by atoms with Gasteiger partial charge in [0.15, 0.2) is 0 Å². The summed E-state index contributed by atoms with van der Waals surface area (Å²) in [5.74, 6) is 0. The number of halogens is 2. The van der Waals surface area contributed by atoms with E-state index < -0.39 is 0 Å². The molecule has 0 spiro atoms. The predicted octanol–water partition coefficient (Wildman–Crippen LogP) is 3.65. The molecule has 0 atom stereocenters. The highest BCUT2D eigenvalue weighted by molar-refractivity contribution is 6.31. The molecular formula is C11H11ClFN. The topological polar surface area (TPSA) is 4.93 Å². The molecule has 3 heteroatoms. The second-order valence-electron chi connectivity index (χ2n) is 3.25. The van der Waals surface area contributed by atoms with Crippen LogP contribution in [0.4, 0.5) is 4.39 Å². The van der Waals surface area contributed by atoms with Gasteiger partial charge in [0, 0.05) is 28.7 Å². The smallest absolute Gasteiger partial charge is 0.0911 e. The Hall–Kier alpha value is -1.02. The summed E-state index contributed by atoms with van der Waals surface area (Å²) in [6.45, 7) is 0.453. The Morgan fingerprint density at radius 3 is 2.93 bits per heavy atom. The molecular weight excluding hydrogens is 201 g/mol. The van der Waals surface area contributed by atoms with E-state index in [2.05, 4.69) is 0 Å². The van der Waals surface area contributed by atoms with Gasteiger partial charge >= 0.3 is 0 Å². The molecule has 0 aliphatic heterocycles. The van der Waals surface area contributed by atoms with Crippen molar-refractivity contribution in [3.63, 3.8) is 0 Å². The van der Waals surface area contributed by atoms with Crippen molar-refractivity contribution in [2.75, 3.05) is 6.67 Å². The lowest BCUT2D eigenvalue weighted by Crippen LogP contribution is -1.96. The highest BCUT2D eigenvalue weighted by Gasteiger charge is 2.00. The van der Waals surface area contributed by atoms with Crippen molar-refractivity contribution < 1.29 is 4.39 Å². The Kier molecular flexibility index (Phi) is 2.73. The fourth-order valence-corrected chi connectivity index (χ4v) is 1.78. The van der Waals surface area contributed by atoms with Crippen molar-refractivity contribution in [1.82, 2.24) is 4.57 Å². The van der Waals surface area contributed by atoms with Gasteiger partial charge in [0.25, 0.3) is 0 Å². The van der Waals surface area contributed by atoms with Gasteiger partial charge in [0.2, 0.25) is 0 Å². The monoisotopic (exact) mass is 211 g/mol. The van der Waals surface area contributed by atoms with Crippen LogP contribution in [0.25, 0.3) is 10.9 Å². The van der Waals surface area contributed by atoms with Crippen LogP contribution in [0.1, 0.15) is 6.42 Å². The minimum atomic E-state index is -0.271. The summed E-state index contributed by atoms with van der Waals surface area (Å²) >= 11 is 5.86. The van der Waals surface area contributed by atoms with Gasteiger partial charge in [0.05, 0.1) is 6.67 Å². The van der Waals surface area contributed by atoms with Gasteiger partial charge in [-0.05, 0) is 30.7 Å². The Morgan fingerprint density at radius 2 is 2.14 bits per heavy atom. The van der Waals surface area contributed by atoms with E-state index >= 15 is 0 Å². The molecule has 1 nitrogen and oxygen atoms in total. The van der Waals surface area contributed by atoms with Crippen LogP contribution in [0, 0.1) is 0 Å². The molecule has 0 saturated carbocycles. The SMILES string of the molecule is FCCCn1ccc2cc(Cl)ccc21. The zero-order valence-corrected chi connectivity index (χ0v) is 8.47. The largest absolute Gasteiger partial charge is 0.347 e. The zero-order chi connectivity index (χ0) is 9.97. The first-order valence-electron chi connectivity index (χ1n) is 4.61. The number of rotatable bonds is 3. The van der Waals surface area contributed by atoms with Crippen molar-refractivity contribution in [2.24, 2.45) is 0 Å². The quantitative estimate of drug-likeness (QED) is 0.730. The van der Waals surface area contributed by atoms with Crippen molar-refractivity contribution in [3.05, 3.63) is 35.5 Å². The fourth-order valence-electron chi connectivity index (χ4n) is 1.60. The summed E-state index contributed by atoms with van der Waals surface area (Å²) in [6.07, 6.45) is 2.53. The maximum Gasteiger partial charge on any atom is 0.0911 e. The second-order valence-corrected chi connectivity index (χ2v) is 3.69. The summed E-state index contributed by atoms with van der Waals surface area (Å²) < 4.78 is 14.1. The van der Waals surface area contributed by atoms with Crippen LogP contribution in [0.15, 0.2) is 30.5 Å². The van der Waals surface area contributed by atoms with Crippen molar-refractivity contribution in [3.8, 4) is 0 Å². The third kappa shape index (κ3) is 1.75. The fraction of sp³-hybridized carbons (Fsp3) is 0.273. The van der Waals surface area contributed by atoms with Crippen LogP contribution in [0.3, 0.4) is 0 Å². The molecule has 1 aromatic heterocycles. The predicted molar refractivity (Wildman–Crippen MR) is 57.5 cm³/mol. The van der Waals surface area contributed by atoms with E-state index in [4.69, 9.17) is 11.6 Å². The van der Waals surface area contributed by atoms with E-state index in [0.717, 1.165) is 22.5 Å². The van der Waals surface area contributed by atoms with Crippen LogP contribution >= 0.6 is 11.6 Å². The summed E-state index contributed by atoms with van der Waals surface area (Å²) in [6, 6.07) is 7.74.